The van der Waals surface area contributed by atoms with Crippen LogP contribution in [0, 0.1) is 0 Å². The molecule has 1 aromatic rings. The number of hydrogen-bond donors (Lipinski definition) is 0. The Morgan fingerprint density at radius 2 is 2.26 bits per heavy atom. The minimum atomic E-state index is -0.182. The summed E-state index contributed by atoms with van der Waals surface area (Å²) in [6.45, 7) is 1.89. The standard InChI is InChI=1S/C13H18N2O3S/c1-17-12(16)5-2-9-8-19-13(14-9)15-6-10-3-4-11(7-15)18-10/h8,10-11H,2-7H2,1H3. The van der Waals surface area contributed by atoms with Gasteiger partial charge in [-0.2, -0.15) is 0 Å². The van der Waals surface area contributed by atoms with E-state index in [1.165, 1.54) is 20.0 Å². The Hall–Kier alpha value is -1.14. The number of anilines is 1. The van der Waals surface area contributed by atoms with E-state index in [0.29, 0.717) is 25.0 Å². The molecule has 104 valence electrons. The van der Waals surface area contributed by atoms with Crippen molar-refractivity contribution in [2.45, 2.75) is 37.9 Å². The van der Waals surface area contributed by atoms with Crippen molar-refractivity contribution in [1.29, 1.82) is 0 Å². The number of carbonyl (C=O) groups excluding carboxylic acids is 1. The number of fused-ring (bicyclic) bond motifs is 2. The van der Waals surface area contributed by atoms with E-state index in [0.717, 1.165) is 23.9 Å². The van der Waals surface area contributed by atoms with Crippen molar-refractivity contribution >= 4 is 22.4 Å². The molecule has 2 unspecified atom stereocenters. The largest absolute Gasteiger partial charge is 0.469 e. The lowest BCUT2D eigenvalue weighted by Crippen LogP contribution is -2.42. The van der Waals surface area contributed by atoms with E-state index in [4.69, 9.17) is 4.74 Å². The molecule has 0 saturated carbocycles. The summed E-state index contributed by atoms with van der Waals surface area (Å²) in [6.07, 6.45) is 4.14. The van der Waals surface area contributed by atoms with E-state index >= 15 is 0 Å². The monoisotopic (exact) mass is 282 g/mol. The number of ether oxygens (including phenoxy) is 2. The fourth-order valence-corrected chi connectivity index (χ4v) is 3.54. The van der Waals surface area contributed by atoms with E-state index in [1.54, 1.807) is 11.3 Å². The molecule has 3 rings (SSSR count). The van der Waals surface area contributed by atoms with Gasteiger partial charge in [0, 0.05) is 24.9 Å². The molecule has 1 aromatic heterocycles. The van der Waals surface area contributed by atoms with Crippen molar-refractivity contribution in [3.63, 3.8) is 0 Å². The molecule has 5 nitrogen and oxygen atoms in total. The zero-order valence-corrected chi connectivity index (χ0v) is 11.8. The second-order valence-electron chi connectivity index (χ2n) is 5.06. The lowest BCUT2D eigenvalue weighted by atomic mass is 10.2. The van der Waals surface area contributed by atoms with Gasteiger partial charge >= 0.3 is 5.97 Å². The molecule has 0 radical (unpaired) electrons. The van der Waals surface area contributed by atoms with Gasteiger partial charge in [-0.3, -0.25) is 4.79 Å². The molecule has 0 aromatic carbocycles. The first-order valence-corrected chi connectivity index (χ1v) is 7.54. The molecule has 2 saturated heterocycles. The molecular formula is C13H18N2O3S. The van der Waals surface area contributed by atoms with E-state index in [2.05, 4.69) is 14.6 Å². The van der Waals surface area contributed by atoms with Gasteiger partial charge in [0.15, 0.2) is 5.13 Å². The first kappa shape index (κ1) is 12.9. The predicted molar refractivity (Wildman–Crippen MR) is 72.6 cm³/mol. The average molecular weight is 282 g/mol. The Labute approximate surface area is 116 Å². The topological polar surface area (TPSA) is 51.7 Å². The number of carbonyl (C=O) groups is 1. The van der Waals surface area contributed by atoms with Crippen LogP contribution in [0.1, 0.15) is 25.0 Å². The highest BCUT2D eigenvalue weighted by atomic mass is 32.1. The molecule has 3 heterocycles. The molecule has 6 heteroatoms. The van der Waals surface area contributed by atoms with Crippen molar-refractivity contribution in [2.75, 3.05) is 25.1 Å². The van der Waals surface area contributed by atoms with Gasteiger partial charge in [-0.25, -0.2) is 4.98 Å². The lowest BCUT2D eigenvalue weighted by molar-refractivity contribution is -0.140. The lowest BCUT2D eigenvalue weighted by Gasteiger charge is -2.31. The SMILES string of the molecule is COC(=O)CCc1csc(N2CC3CCC(C2)O3)n1. The van der Waals surface area contributed by atoms with Crippen LogP contribution in [0.5, 0.6) is 0 Å². The Bertz CT molecular complexity index is 450. The third-order valence-electron chi connectivity index (χ3n) is 3.67. The van der Waals surface area contributed by atoms with Crippen LogP contribution in [0.25, 0.3) is 0 Å². The van der Waals surface area contributed by atoms with E-state index < -0.39 is 0 Å². The summed E-state index contributed by atoms with van der Waals surface area (Å²) < 4.78 is 10.5. The zero-order valence-electron chi connectivity index (χ0n) is 11.0. The fourth-order valence-electron chi connectivity index (χ4n) is 2.66. The highest BCUT2D eigenvalue weighted by Crippen LogP contribution is 2.31. The van der Waals surface area contributed by atoms with Gasteiger partial charge in [-0.15, -0.1) is 11.3 Å². The number of aryl methyl sites for hydroxylation is 1. The summed E-state index contributed by atoms with van der Waals surface area (Å²) in [7, 11) is 1.41. The highest BCUT2D eigenvalue weighted by Gasteiger charge is 2.34. The molecule has 2 fully saturated rings. The van der Waals surface area contributed by atoms with Gasteiger partial charge in [-0.05, 0) is 12.8 Å². The van der Waals surface area contributed by atoms with Crippen LogP contribution >= 0.6 is 11.3 Å². The number of morpholine rings is 1. The van der Waals surface area contributed by atoms with Gasteiger partial charge in [-0.1, -0.05) is 0 Å². The second kappa shape index (κ2) is 5.46. The summed E-state index contributed by atoms with van der Waals surface area (Å²) in [5, 5.41) is 3.09. The Morgan fingerprint density at radius 3 is 2.95 bits per heavy atom. The van der Waals surface area contributed by atoms with E-state index in [9.17, 15) is 4.79 Å². The maximum atomic E-state index is 11.1. The quantitative estimate of drug-likeness (QED) is 0.785. The summed E-state index contributed by atoms with van der Waals surface area (Å²) in [6, 6.07) is 0. The van der Waals surface area contributed by atoms with Crippen LogP contribution in [0.2, 0.25) is 0 Å². The van der Waals surface area contributed by atoms with Crippen molar-refractivity contribution in [1.82, 2.24) is 4.98 Å². The zero-order chi connectivity index (χ0) is 13.2. The number of hydrogen-bond acceptors (Lipinski definition) is 6. The minimum Gasteiger partial charge on any atom is -0.469 e. The number of rotatable bonds is 4. The fraction of sp³-hybridized carbons (Fsp3) is 0.692. The van der Waals surface area contributed by atoms with Crippen molar-refractivity contribution < 1.29 is 14.3 Å². The Balaban J connectivity index is 1.60. The number of thiazole rings is 1. The molecule has 2 aliphatic rings. The smallest absolute Gasteiger partial charge is 0.305 e. The molecular weight excluding hydrogens is 264 g/mol. The van der Waals surface area contributed by atoms with Crippen molar-refractivity contribution in [3.8, 4) is 0 Å². The van der Waals surface area contributed by atoms with Crippen LogP contribution in [0.15, 0.2) is 5.38 Å². The van der Waals surface area contributed by atoms with Crippen LogP contribution in [-0.4, -0.2) is 43.4 Å². The first-order chi connectivity index (χ1) is 9.24. The second-order valence-corrected chi connectivity index (χ2v) is 5.90. The van der Waals surface area contributed by atoms with Gasteiger partial charge in [0.2, 0.25) is 0 Å². The van der Waals surface area contributed by atoms with Gasteiger partial charge < -0.3 is 14.4 Å². The summed E-state index contributed by atoms with van der Waals surface area (Å²) >= 11 is 1.65. The molecule has 2 bridgehead atoms. The van der Waals surface area contributed by atoms with Crippen LogP contribution in [-0.2, 0) is 20.7 Å². The van der Waals surface area contributed by atoms with Gasteiger partial charge in [0.1, 0.15) is 0 Å². The third kappa shape index (κ3) is 2.90. The molecule has 0 N–H and O–H groups in total. The molecule has 19 heavy (non-hydrogen) atoms. The molecule has 2 atom stereocenters. The minimum absolute atomic E-state index is 0.182. The van der Waals surface area contributed by atoms with Crippen LogP contribution < -0.4 is 4.90 Å². The normalized spacial score (nSPS) is 25.6. The molecule has 2 aliphatic heterocycles. The first-order valence-electron chi connectivity index (χ1n) is 6.66. The molecule has 0 aliphatic carbocycles. The maximum Gasteiger partial charge on any atom is 0.305 e. The molecule has 0 spiro atoms. The van der Waals surface area contributed by atoms with Gasteiger partial charge in [0.05, 0.1) is 31.4 Å². The van der Waals surface area contributed by atoms with E-state index in [-0.39, 0.29) is 5.97 Å². The van der Waals surface area contributed by atoms with Crippen LogP contribution in [0.4, 0.5) is 5.13 Å². The molecule has 0 amide bonds. The van der Waals surface area contributed by atoms with Gasteiger partial charge in [0.25, 0.3) is 0 Å². The number of aromatic nitrogens is 1. The Kier molecular flexibility index (Phi) is 3.70. The number of esters is 1. The summed E-state index contributed by atoms with van der Waals surface area (Å²) in [4.78, 5) is 18.0. The van der Waals surface area contributed by atoms with E-state index in [1.807, 2.05) is 5.38 Å². The van der Waals surface area contributed by atoms with Crippen molar-refractivity contribution in [3.05, 3.63) is 11.1 Å². The van der Waals surface area contributed by atoms with Crippen molar-refractivity contribution in [2.24, 2.45) is 0 Å². The number of nitrogens with zero attached hydrogens (tertiary/aromatic N) is 2. The predicted octanol–water partition coefficient (Wildman–Crippen LogP) is 1.62. The highest BCUT2D eigenvalue weighted by molar-refractivity contribution is 7.13. The maximum absolute atomic E-state index is 11.1. The number of methoxy groups -OCH3 is 1. The summed E-state index contributed by atoms with van der Waals surface area (Å²) in [5.41, 5.74) is 0.976. The average Bonchev–Trinajstić information content (AvgIpc) is 3.03. The summed E-state index contributed by atoms with van der Waals surface area (Å²) in [5.74, 6) is -0.182. The van der Waals surface area contributed by atoms with Crippen LogP contribution in [0.3, 0.4) is 0 Å². The third-order valence-corrected chi connectivity index (χ3v) is 4.62. The Morgan fingerprint density at radius 1 is 1.53 bits per heavy atom.